The van der Waals surface area contributed by atoms with Crippen LogP contribution in [0, 0.1) is 23.7 Å². The van der Waals surface area contributed by atoms with Gasteiger partial charge in [-0.05, 0) is 67.9 Å². The molecule has 0 saturated heterocycles. The van der Waals surface area contributed by atoms with Crippen LogP contribution in [0.15, 0.2) is 97.4 Å². The van der Waals surface area contributed by atoms with Crippen LogP contribution >= 0.6 is 0 Å². The molecule has 1 aromatic rings. The number of allylic oxidation sites excluding steroid dienone is 4. The average molecular weight is 489 g/mol. The second-order valence-corrected chi connectivity index (χ2v) is 10.9. The summed E-state index contributed by atoms with van der Waals surface area (Å²) < 4.78 is 0. The molecule has 0 aromatic heterocycles. The van der Waals surface area contributed by atoms with Gasteiger partial charge in [-0.1, -0.05) is 114 Å². The Morgan fingerprint density at radius 2 is 1.67 bits per heavy atom. The van der Waals surface area contributed by atoms with Crippen molar-refractivity contribution in [1.29, 1.82) is 0 Å². The fraction of sp³-hybridized carbons (Fsp3) is 0.471. The zero-order chi connectivity index (χ0) is 26.9. The zero-order valence-electron chi connectivity index (χ0n) is 23.8. The molecule has 36 heavy (non-hydrogen) atoms. The molecule has 0 amide bonds. The molecule has 2 heteroatoms. The second kappa shape index (κ2) is 17.7. The van der Waals surface area contributed by atoms with Crippen LogP contribution in [0.25, 0.3) is 6.08 Å². The minimum absolute atomic E-state index is 0.445. The topological polar surface area (TPSA) is 24.1 Å². The lowest BCUT2D eigenvalue weighted by Gasteiger charge is -2.20. The highest BCUT2D eigenvalue weighted by molar-refractivity contribution is 5.49. The number of rotatable bonds is 19. The van der Waals surface area contributed by atoms with Crippen LogP contribution in [-0.4, -0.2) is 13.1 Å². The minimum Gasteiger partial charge on any atom is -0.387 e. The monoisotopic (exact) mass is 488 g/mol. The molecule has 0 saturated carbocycles. The van der Waals surface area contributed by atoms with Gasteiger partial charge in [0.05, 0.1) is 6.54 Å². The van der Waals surface area contributed by atoms with Crippen molar-refractivity contribution in [3.63, 3.8) is 0 Å². The smallest absolute Gasteiger partial charge is 0.0541 e. The van der Waals surface area contributed by atoms with Crippen LogP contribution in [0.4, 0.5) is 0 Å². The van der Waals surface area contributed by atoms with Crippen molar-refractivity contribution in [1.82, 2.24) is 10.6 Å². The predicted molar refractivity (Wildman–Crippen MR) is 163 cm³/mol. The van der Waals surface area contributed by atoms with Crippen molar-refractivity contribution >= 4 is 6.08 Å². The summed E-state index contributed by atoms with van der Waals surface area (Å²) in [7, 11) is 0. The van der Waals surface area contributed by atoms with Gasteiger partial charge in [0.2, 0.25) is 0 Å². The van der Waals surface area contributed by atoms with E-state index in [9.17, 15) is 0 Å². The summed E-state index contributed by atoms with van der Waals surface area (Å²) in [6.45, 7) is 29.5. The summed E-state index contributed by atoms with van der Waals surface area (Å²) >= 11 is 0. The lowest BCUT2D eigenvalue weighted by Crippen LogP contribution is -2.27. The van der Waals surface area contributed by atoms with E-state index in [0.29, 0.717) is 24.3 Å². The van der Waals surface area contributed by atoms with Gasteiger partial charge in [0.15, 0.2) is 0 Å². The van der Waals surface area contributed by atoms with Crippen molar-refractivity contribution in [2.75, 3.05) is 13.1 Å². The van der Waals surface area contributed by atoms with E-state index in [0.717, 1.165) is 43.1 Å². The van der Waals surface area contributed by atoms with E-state index in [1.54, 1.807) is 0 Å². The summed E-state index contributed by atoms with van der Waals surface area (Å²) in [6, 6.07) is 10.5. The predicted octanol–water partition coefficient (Wildman–Crippen LogP) is 9.09. The lowest BCUT2D eigenvalue weighted by molar-refractivity contribution is 0.422. The first-order valence-electron chi connectivity index (χ1n) is 13.6. The van der Waals surface area contributed by atoms with Crippen LogP contribution in [0.1, 0.15) is 72.3 Å². The Morgan fingerprint density at radius 3 is 2.31 bits per heavy atom. The molecule has 1 rings (SSSR count). The molecule has 2 N–H and O–H groups in total. The Balaban J connectivity index is 2.42. The molecule has 0 radical (unpaired) electrons. The van der Waals surface area contributed by atoms with Gasteiger partial charge in [0.25, 0.3) is 0 Å². The number of benzene rings is 1. The molecule has 198 valence electrons. The van der Waals surface area contributed by atoms with Gasteiger partial charge in [0, 0.05) is 17.9 Å². The zero-order valence-corrected chi connectivity index (χ0v) is 23.8. The maximum atomic E-state index is 4.29. The van der Waals surface area contributed by atoms with Crippen LogP contribution in [0.2, 0.25) is 0 Å². The molecule has 0 spiro atoms. The second-order valence-electron chi connectivity index (χ2n) is 10.9. The minimum atomic E-state index is 0.445. The number of hydrogen-bond acceptors (Lipinski definition) is 2. The summed E-state index contributed by atoms with van der Waals surface area (Å²) in [4.78, 5) is 0. The van der Waals surface area contributed by atoms with Crippen molar-refractivity contribution < 1.29 is 0 Å². The first kappa shape index (κ1) is 31.3. The molecule has 0 fully saturated rings. The van der Waals surface area contributed by atoms with Crippen molar-refractivity contribution in [2.24, 2.45) is 23.7 Å². The van der Waals surface area contributed by atoms with Gasteiger partial charge < -0.3 is 10.6 Å². The SMILES string of the molecule is C=C(C)C[C@@H](C/C=C/C(=C)NCC(=C)NCC(C)C(=C)CCCC(C)C)C(C)/C=C/c1ccccc1. The molecule has 0 aliphatic carbocycles. The van der Waals surface area contributed by atoms with Crippen molar-refractivity contribution in [3.05, 3.63) is 103 Å². The van der Waals surface area contributed by atoms with Crippen LogP contribution in [0.5, 0.6) is 0 Å². The van der Waals surface area contributed by atoms with E-state index < -0.39 is 0 Å². The normalized spacial score (nSPS) is 14.1. The summed E-state index contributed by atoms with van der Waals surface area (Å²) in [6.07, 6.45) is 14.5. The summed E-state index contributed by atoms with van der Waals surface area (Å²) in [5.74, 6) is 2.17. The molecule has 0 aliphatic heterocycles. The highest BCUT2D eigenvalue weighted by atomic mass is 15.0. The van der Waals surface area contributed by atoms with Gasteiger partial charge >= 0.3 is 0 Å². The quantitative estimate of drug-likeness (QED) is 0.150. The van der Waals surface area contributed by atoms with Crippen LogP contribution in [-0.2, 0) is 0 Å². The van der Waals surface area contributed by atoms with E-state index in [2.05, 4.69) is 126 Å². The standard InChI is InChI=1S/C34H52N2/c1-26(2)15-13-16-28(5)30(7)24-35-32(9)25-36-31(8)17-14-20-34(23-27(3)4)29(6)21-22-33-18-11-10-12-19-33/h10-12,14,17-19,21-22,26,29-30,34-36H,3,5,8-9,13,15-16,20,23-25H2,1-2,4,6-7H3/b17-14+,22-21+/t29?,30?,34-/m1/s1. The Labute approximate surface area is 223 Å². The number of nitrogens with one attached hydrogen (secondary N) is 2. The van der Waals surface area contributed by atoms with Crippen molar-refractivity contribution in [2.45, 2.75) is 66.7 Å². The first-order chi connectivity index (χ1) is 17.1. The molecule has 3 atom stereocenters. The Kier molecular flexibility index (Phi) is 15.3. The third-order valence-electron chi connectivity index (χ3n) is 6.67. The molecule has 0 aliphatic rings. The molecular formula is C34H52N2. The van der Waals surface area contributed by atoms with Gasteiger partial charge in [-0.2, -0.15) is 0 Å². The van der Waals surface area contributed by atoms with E-state index in [-0.39, 0.29) is 0 Å². The van der Waals surface area contributed by atoms with Crippen molar-refractivity contribution in [3.8, 4) is 0 Å². The fourth-order valence-corrected chi connectivity index (χ4v) is 4.07. The van der Waals surface area contributed by atoms with E-state index >= 15 is 0 Å². The third-order valence-corrected chi connectivity index (χ3v) is 6.67. The molecule has 0 bridgehead atoms. The van der Waals surface area contributed by atoms with E-state index in [1.165, 1.54) is 29.6 Å². The van der Waals surface area contributed by atoms with E-state index in [4.69, 9.17) is 0 Å². The molecule has 2 unspecified atom stereocenters. The van der Waals surface area contributed by atoms with Gasteiger partial charge in [-0.3, -0.25) is 0 Å². The van der Waals surface area contributed by atoms with Gasteiger partial charge in [-0.15, -0.1) is 6.58 Å². The highest BCUT2D eigenvalue weighted by Gasteiger charge is 2.14. The largest absolute Gasteiger partial charge is 0.387 e. The summed E-state index contributed by atoms with van der Waals surface area (Å²) in [5, 5.41) is 6.83. The Morgan fingerprint density at radius 1 is 0.972 bits per heavy atom. The maximum Gasteiger partial charge on any atom is 0.0541 e. The third kappa shape index (κ3) is 14.6. The Hall–Kier alpha value is -2.74. The first-order valence-corrected chi connectivity index (χ1v) is 13.6. The van der Waals surface area contributed by atoms with Crippen LogP contribution < -0.4 is 10.6 Å². The molecular weight excluding hydrogens is 436 g/mol. The van der Waals surface area contributed by atoms with Gasteiger partial charge in [-0.25, -0.2) is 0 Å². The lowest BCUT2D eigenvalue weighted by atomic mass is 9.85. The Bertz CT molecular complexity index is 872. The molecule has 2 nitrogen and oxygen atoms in total. The van der Waals surface area contributed by atoms with Crippen LogP contribution in [0.3, 0.4) is 0 Å². The number of hydrogen-bond donors (Lipinski definition) is 2. The molecule has 0 heterocycles. The molecule has 1 aromatic carbocycles. The average Bonchev–Trinajstić information content (AvgIpc) is 2.83. The van der Waals surface area contributed by atoms with E-state index in [1.807, 2.05) is 0 Å². The summed E-state index contributed by atoms with van der Waals surface area (Å²) in [5.41, 5.74) is 5.68. The van der Waals surface area contributed by atoms with Gasteiger partial charge in [0.1, 0.15) is 0 Å². The highest BCUT2D eigenvalue weighted by Crippen LogP contribution is 2.25. The fourth-order valence-electron chi connectivity index (χ4n) is 4.07. The maximum absolute atomic E-state index is 4.29.